The van der Waals surface area contributed by atoms with Gasteiger partial charge in [0.15, 0.2) is 0 Å². The number of benzene rings is 1. The molecule has 0 aliphatic heterocycles. The van der Waals surface area contributed by atoms with Crippen LogP contribution in [0, 0.1) is 19.8 Å². The summed E-state index contributed by atoms with van der Waals surface area (Å²) in [6.45, 7) is 8.85. The summed E-state index contributed by atoms with van der Waals surface area (Å²) < 4.78 is 5.36. The highest BCUT2D eigenvalue weighted by Gasteiger charge is 2.16. The van der Waals surface area contributed by atoms with E-state index in [1.54, 1.807) is 7.11 Å². The summed E-state index contributed by atoms with van der Waals surface area (Å²) >= 11 is 3.64. The van der Waals surface area contributed by atoms with E-state index in [0.29, 0.717) is 5.92 Å². The second kappa shape index (κ2) is 6.44. The largest absolute Gasteiger partial charge is 0.496 e. The molecule has 1 nitrogen and oxygen atoms in total. The van der Waals surface area contributed by atoms with Gasteiger partial charge in [0, 0.05) is 5.33 Å². The standard InChI is InChI=1S/C15H23BrO/c1-10(2)6-13(9-16)14-7-12(4)15(17-5)8-11(14)3/h7-8,10,13H,6,9H2,1-5H3. The minimum Gasteiger partial charge on any atom is -0.496 e. The highest BCUT2D eigenvalue weighted by Crippen LogP contribution is 2.32. The second-order valence-corrected chi connectivity index (χ2v) is 5.81. The van der Waals surface area contributed by atoms with Gasteiger partial charge in [-0.05, 0) is 54.9 Å². The van der Waals surface area contributed by atoms with Gasteiger partial charge in [0.1, 0.15) is 5.75 Å². The molecule has 96 valence electrons. The maximum atomic E-state index is 5.36. The lowest BCUT2D eigenvalue weighted by atomic mass is 9.88. The molecule has 0 saturated heterocycles. The van der Waals surface area contributed by atoms with Crippen LogP contribution in [0.2, 0.25) is 0 Å². The Bertz CT molecular complexity index is 371. The number of ether oxygens (including phenoxy) is 1. The van der Waals surface area contributed by atoms with E-state index in [1.807, 2.05) is 0 Å². The third-order valence-electron chi connectivity index (χ3n) is 3.17. The molecule has 0 bridgehead atoms. The van der Waals surface area contributed by atoms with E-state index in [0.717, 1.165) is 17.0 Å². The maximum Gasteiger partial charge on any atom is 0.122 e. The predicted molar refractivity (Wildman–Crippen MR) is 78.5 cm³/mol. The second-order valence-electron chi connectivity index (χ2n) is 5.16. The Morgan fingerprint density at radius 1 is 1.18 bits per heavy atom. The Balaban J connectivity index is 3.07. The summed E-state index contributed by atoms with van der Waals surface area (Å²) in [5.74, 6) is 2.31. The molecule has 0 aromatic heterocycles. The molecule has 1 unspecified atom stereocenters. The molecule has 0 spiro atoms. The predicted octanol–water partition coefficient (Wildman–Crippen LogP) is 4.84. The maximum absolute atomic E-state index is 5.36. The van der Waals surface area contributed by atoms with Crippen molar-refractivity contribution in [3.8, 4) is 5.75 Å². The monoisotopic (exact) mass is 298 g/mol. The zero-order valence-corrected chi connectivity index (χ0v) is 13.1. The molecule has 0 radical (unpaired) electrons. The minimum atomic E-state index is 0.597. The van der Waals surface area contributed by atoms with Crippen LogP contribution in [0.5, 0.6) is 5.75 Å². The Morgan fingerprint density at radius 3 is 2.29 bits per heavy atom. The fraction of sp³-hybridized carbons (Fsp3) is 0.600. The number of halogens is 1. The number of rotatable bonds is 5. The van der Waals surface area contributed by atoms with Crippen LogP contribution in [0.3, 0.4) is 0 Å². The number of alkyl halides is 1. The highest BCUT2D eigenvalue weighted by atomic mass is 79.9. The average molecular weight is 299 g/mol. The van der Waals surface area contributed by atoms with E-state index < -0.39 is 0 Å². The molecular weight excluding hydrogens is 276 g/mol. The van der Waals surface area contributed by atoms with Gasteiger partial charge in [-0.1, -0.05) is 35.8 Å². The SMILES string of the molecule is COc1cc(C)c(C(CBr)CC(C)C)cc1C. The van der Waals surface area contributed by atoms with Gasteiger partial charge < -0.3 is 4.74 Å². The van der Waals surface area contributed by atoms with Crippen molar-refractivity contribution < 1.29 is 4.74 Å². The highest BCUT2D eigenvalue weighted by molar-refractivity contribution is 9.09. The average Bonchev–Trinajstić information content (AvgIpc) is 2.28. The molecule has 0 N–H and O–H groups in total. The molecule has 17 heavy (non-hydrogen) atoms. The normalized spacial score (nSPS) is 12.9. The molecule has 0 aliphatic rings. The third kappa shape index (κ3) is 3.74. The number of aryl methyl sites for hydroxylation is 2. The summed E-state index contributed by atoms with van der Waals surface area (Å²) in [5, 5.41) is 1.03. The van der Waals surface area contributed by atoms with Crippen LogP contribution in [-0.2, 0) is 0 Å². The van der Waals surface area contributed by atoms with Gasteiger partial charge in [-0.15, -0.1) is 0 Å². The van der Waals surface area contributed by atoms with E-state index in [-0.39, 0.29) is 0 Å². The topological polar surface area (TPSA) is 9.23 Å². The van der Waals surface area contributed by atoms with Gasteiger partial charge >= 0.3 is 0 Å². The molecule has 0 amide bonds. The molecule has 0 fully saturated rings. The summed E-state index contributed by atoms with van der Waals surface area (Å²) in [4.78, 5) is 0. The number of hydrogen-bond acceptors (Lipinski definition) is 1. The summed E-state index contributed by atoms with van der Waals surface area (Å²) in [7, 11) is 1.73. The first-order valence-corrected chi connectivity index (χ1v) is 7.32. The quantitative estimate of drug-likeness (QED) is 0.707. The Morgan fingerprint density at radius 2 is 1.82 bits per heavy atom. The van der Waals surface area contributed by atoms with Gasteiger partial charge in [-0.2, -0.15) is 0 Å². The summed E-state index contributed by atoms with van der Waals surface area (Å²) in [6, 6.07) is 4.43. The Kier molecular flexibility index (Phi) is 5.51. The van der Waals surface area contributed by atoms with Crippen LogP contribution in [0.4, 0.5) is 0 Å². The first-order chi connectivity index (χ1) is 7.99. The van der Waals surface area contributed by atoms with Crippen molar-refractivity contribution in [3.05, 3.63) is 28.8 Å². The minimum absolute atomic E-state index is 0.597. The van der Waals surface area contributed by atoms with Crippen molar-refractivity contribution >= 4 is 15.9 Å². The first kappa shape index (κ1) is 14.6. The molecule has 0 heterocycles. The van der Waals surface area contributed by atoms with E-state index >= 15 is 0 Å². The van der Waals surface area contributed by atoms with Crippen LogP contribution in [0.25, 0.3) is 0 Å². The third-order valence-corrected chi connectivity index (χ3v) is 3.95. The van der Waals surface area contributed by atoms with Crippen LogP contribution in [-0.4, -0.2) is 12.4 Å². The van der Waals surface area contributed by atoms with Gasteiger partial charge in [0.2, 0.25) is 0 Å². The fourth-order valence-corrected chi connectivity index (χ4v) is 2.93. The van der Waals surface area contributed by atoms with Gasteiger partial charge in [0.25, 0.3) is 0 Å². The first-order valence-electron chi connectivity index (χ1n) is 6.20. The molecule has 1 aromatic carbocycles. The summed E-state index contributed by atoms with van der Waals surface area (Å²) in [5.41, 5.74) is 4.01. The van der Waals surface area contributed by atoms with Crippen molar-refractivity contribution in [1.29, 1.82) is 0 Å². The lowest BCUT2D eigenvalue weighted by Crippen LogP contribution is -2.07. The lowest BCUT2D eigenvalue weighted by Gasteiger charge is -2.20. The van der Waals surface area contributed by atoms with Gasteiger partial charge in [0.05, 0.1) is 7.11 Å². The smallest absolute Gasteiger partial charge is 0.122 e. The molecule has 0 aliphatic carbocycles. The van der Waals surface area contributed by atoms with E-state index in [4.69, 9.17) is 4.74 Å². The zero-order valence-electron chi connectivity index (χ0n) is 11.5. The Labute approximate surface area is 114 Å². The van der Waals surface area contributed by atoms with E-state index in [1.165, 1.54) is 23.1 Å². The van der Waals surface area contributed by atoms with Gasteiger partial charge in [-0.3, -0.25) is 0 Å². The van der Waals surface area contributed by atoms with Crippen LogP contribution in [0.15, 0.2) is 12.1 Å². The van der Waals surface area contributed by atoms with Crippen LogP contribution < -0.4 is 4.74 Å². The molecule has 2 heteroatoms. The van der Waals surface area contributed by atoms with Gasteiger partial charge in [-0.25, -0.2) is 0 Å². The Hall–Kier alpha value is -0.500. The van der Waals surface area contributed by atoms with E-state index in [2.05, 4.69) is 55.8 Å². The van der Waals surface area contributed by atoms with Crippen molar-refractivity contribution in [2.75, 3.05) is 12.4 Å². The number of methoxy groups -OCH3 is 1. The molecule has 1 rings (SSSR count). The molecular formula is C15H23BrO. The van der Waals surface area contributed by atoms with Crippen molar-refractivity contribution in [2.45, 2.75) is 40.0 Å². The van der Waals surface area contributed by atoms with Crippen molar-refractivity contribution in [3.63, 3.8) is 0 Å². The summed E-state index contributed by atoms with van der Waals surface area (Å²) in [6.07, 6.45) is 1.22. The van der Waals surface area contributed by atoms with Crippen molar-refractivity contribution in [1.82, 2.24) is 0 Å². The molecule has 1 aromatic rings. The van der Waals surface area contributed by atoms with Crippen molar-refractivity contribution in [2.24, 2.45) is 5.92 Å². The molecule has 1 atom stereocenters. The lowest BCUT2D eigenvalue weighted by molar-refractivity contribution is 0.411. The number of hydrogen-bond donors (Lipinski definition) is 0. The van der Waals surface area contributed by atoms with Crippen LogP contribution >= 0.6 is 15.9 Å². The van der Waals surface area contributed by atoms with Crippen LogP contribution in [0.1, 0.15) is 42.9 Å². The van der Waals surface area contributed by atoms with E-state index in [9.17, 15) is 0 Å². The zero-order chi connectivity index (χ0) is 13.0. The fourth-order valence-electron chi connectivity index (χ4n) is 2.31. The molecule has 0 saturated carbocycles.